The molecular formula is C21H21F3N4O. The number of pyridine rings is 2. The average molecular weight is 402 g/mol. The van der Waals surface area contributed by atoms with Crippen molar-refractivity contribution in [1.29, 1.82) is 0 Å². The van der Waals surface area contributed by atoms with Gasteiger partial charge < -0.3 is 9.72 Å². The van der Waals surface area contributed by atoms with Crippen LogP contribution in [0.25, 0.3) is 11.4 Å². The Bertz CT molecular complexity index is 917. The number of nitrogens with one attached hydrogen (secondary N) is 1. The minimum absolute atomic E-state index is 0.173. The zero-order valence-electron chi connectivity index (χ0n) is 15.7. The number of hydrogen-bond acceptors (Lipinski definition) is 4. The maximum Gasteiger partial charge on any atom is 0.432 e. The second-order valence-corrected chi connectivity index (χ2v) is 7.31. The average Bonchev–Trinajstić information content (AvgIpc) is 3.25. The number of hydrogen-bond donors (Lipinski definition) is 1. The van der Waals surface area contributed by atoms with Gasteiger partial charge in [0, 0.05) is 35.6 Å². The number of aromatic amines is 1. The van der Waals surface area contributed by atoms with Crippen molar-refractivity contribution < 1.29 is 17.9 Å². The summed E-state index contributed by atoms with van der Waals surface area (Å²) in [6, 6.07) is 9.28. The molecule has 0 spiro atoms. The molecule has 1 saturated carbocycles. The van der Waals surface area contributed by atoms with Crippen molar-refractivity contribution >= 4 is 0 Å². The molecule has 0 unspecified atom stereocenters. The molecule has 0 atom stereocenters. The van der Waals surface area contributed by atoms with Gasteiger partial charge in [-0.1, -0.05) is 6.07 Å². The van der Waals surface area contributed by atoms with Crippen molar-refractivity contribution in [3.8, 4) is 17.3 Å². The fourth-order valence-electron chi connectivity index (χ4n) is 3.66. The summed E-state index contributed by atoms with van der Waals surface area (Å²) < 4.78 is 43.9. The number of imidazole rings is 1. The fraction of sp³-hybridized carbons (Fsp3) is 0.381. The van der Waals surface area contributed by atoms with Crippen LogP contribution in [0.2, 0.25) is 0 Å². The minimum atomic E-state index is -4.43. The van der Waals surface area contributed by atoms with E-state index in [2.05, 4.69) is 19.9 Å². The highest BCUT2D eigenvalue weighted by molar-refractivity contribution is 5.54. The summed E-state index contributed by atoms with van der Waals surface area (Å²) in [5.74, 6) is 1.68. The zero-order chi connectivity index (χ0) is 20.3. The SMILES string of the molecule is FC(F)(F)c1cnc(-c2ccc(C3CCC(COc4ccccn4)CC3)nc2)[nH]1. The lowest BCUT2D eigenvalue weighted by molar-refractivity contribution is -0.140. The lowest BCUT2D eigenvalue weighted by atomic mass is 9.80. The molecule has 5 nitrogen and oxygen atoms in total. The van der Waals surface area contributed by atoms with Crippen LogP contribution in [0.4, 0.5) is 13.2 Å². The smallest absolute Gasteiger partial charge is 0.432 e. The van der Waals surface area contributed by atoms with Gasteiger partial charge in [0.2, 0.25) is 5.88 Å². The number of alkyl halides is 3. The van der Waals surface area contributed by atoms with E-state index in [1.54, 1.807) is 18.5 Å². The van der Waals surface area contributed by atoms with Crippen LogP contribution in [0.5, 0.6) is 5.88 Å². The summed E-state index contributed by atoms with van der Waals surface area (Å²) in [4.78, 5) is 14.8. The largest absolute Gasteiger partial charge is 0.477 e. The van der Waals surface area contributed by atoms with Crippen LogP contribution >= 0.6 is 0 Å². The maximum absolute atomic E-state index is 12.7. The highest BCUT2D eigenvalue weighted by Gasteiger charge is 2.33. The van der Waals surface area contributed by atoms with Crippen LogP contribution in [-0.2, 0) is 6.18 Å². The Balaban J connectivity index is 1.31. The molecule has 3 aromatic heterocycles. The van der Waals surface area contributed by atoms with E-state index in [1.165, 1.54) is 0 Å². The molecule has 152 valence electrons. The molecule has 0 aromatic carbocycles. The molecule has 0 radical (unpaired) electrons. The fourth-order valence-corrected chi connectivity index (χ4v) is 3.66. The monoisotopic (exact) mass is 402 g/mol. The van der Waals surface area contributed by atoms with Crippen molar-refractivity contribution in [3.05, 3.63) is 60.3 Å². The first-order valence-corrected chi connectivity index (χ1v) is 9.61. The number of ether oxygens (including phenoxy) is 1. The van der Waals surface area contributed by atoms with Crippen molar-refractivity contribution in [3.63, 3.8) is 0 Å². The van der Waals surface area contributed by atoms with E-state index in [0.717, 1.165) is 37.6 Å². The lowest BCUT2D eigenvalue weighted by Gasteiger charge is -2.28. The van der Waals surface area contributed by atoms with Crippen LogP contribution in [0.1, 0.15) is 43.0 Å². The quantitative estimate of drug-likeness (QED) is 0.634. The van der Waals surface area contributed by atoms with Crippen molar-refractivity contribution in [2.45, 2.75) is 37.8 Å². The molecule has 3 heterocycles. The van der Waals surface area contributed by atoms with E-state index in [4.69, 9.17) is 4.74 Å². The molecule has 0 aliphatic heterocycles. The van der Waals surface area contributed by atoms with E-state index in [1.807, 2.05) is 24.3 Å². The molecule has 0 bridgehead atoms. The van der Waals surface area contributed by atoms with Crippen LogP contribution in [0.3, 0.4) is 0 Å². The Labute approximate surface area is 166 Å². The van der Waals surface area contributed by atoms with Gasteiger partial charge in [-0.05, 0) is 49.8 Å². The second kappa shape index (κ2) is 8.23. The Morgan fingerprint density at radius 3 is 2.41 bits per heavy atom. The van der Waals surface area contributed by atoms with Crippen LogP contribution in [0.15, 0.2) is 48.9 Å². The third-order valence-electron chi connectivity index (χ3n) is 5.31. The lowest BCUT2D eigenvalue weighted by Crippen LogP contribution is -2.20. The summed E-state index contributed by atoms with van der Waals surface area (Å²) in [6.07, 6.45) is 3.80. The van der Waals surface area contributed by atoms with Gasteiger partial charge in [-0.25, -0.2) is 9.97 Å². The van der Waals surface area contributed by atoms with Gasteiger partial charge in [0.25, 0.3) is 0 Å². The van der Waals surface area contributed by atoms with E-state index >= 15 is 0 Å². The minimum Gasteiger partial charge on any atom is -0.477 e. The normalized spacial score (nSPS) is 19.8. The zero-order valence-corrected chi connectivity index (χ0v) is 15.7. The number of halogens is 3. The molecular weight excluding hydrogens is 381 g/mol. The first-order valence-electron chi connectivity index (χ1n) is 9.61. The van der Waals surface area contributed by atoms with Crippen molar-refractivity contribution in [1.82, 2.24) is 19.9 Å². The molecule has 0 amide bonds. The van der Waals surface area contributed by atoms with Gasteiger partial charge in [-0.2, -0.15) is 13.2 Å². The molecule has 29 heavy (non-hydrogen) atoms. The van der Waals surface area contributed by atoms with Crippen LogP contribution < -0.4 is 4.74 Å². The molecule has 8 heteroatoms. The Hall–Kier alpha value is -2.90. The highest BCUT2D eigenvalue weighted by atomic mass is 19.4. The first kappa shape index (κ1) is 19.4. The molecule has 1 fully saturated rings. The van der Waals surface area contributed by atoms with Crippen LogP contribution in [0, 0.1) is 5.92 Å². The molecule has 3 aromatic rings. The van der Waals surface area contributed by atoms with Crippen LogP contribution in [-0.4, -0.2) is 26.5 Å². The van der Waals surface area contributed by atoms with Gasteiger partial charge in [0.1, 0.15) is 11.5 Å². The van der Waals surface area contributed by atoms with Gasteiger partial charge in [-0.3, -0.25) is 4.98 Å². The summed E-state index contributed by atoms with van der Waals surface area (Å²) in [5, 5.41) is 0. The highest BCUT2D eigenvalue weighted by Crippen LogP contribution is 2.36. The Morgan fingerprint density at radius 2 is 1.79 bits per heavy atom. The van der Waals surface area contributed by atoms with E-state index < -0.39 is 11.9 Å². The van der Waals surface area contributed by atoms with E-state index in [-0.39, 0.29) is 5.82 Å². The molecule has 4 rings (SSSR count). The predicted molar refractivity (Wildman–Crippen MR) is 101 cm³/mol. The summed E-state index contributed by atoms with van der Waals surface area (Å²) in [6.45, 7) is 0.663. The van der Waals surface area contributed by atoms with E-state index in [0.29, 0.717) is 29.9 Å². The maximum atomic E-state index is 12.7. The summed E-state index contributed by atoms with van der Waals surface area (Å²) in [5.41, 5.74) is 0.657. The Kier molecular flexibility index (Phi) is 5.51. The molecule has 1 N–H and O–H groups in total. The van der Waals surface area contributed by atoms with Gasteiger partial charge in [0.05, 0.1) is 12.8 Å². The third-order valence-corrected chi connectivity index (χ3v) is 5.31. The number of rotatable bonds is 5. The summed E-state index contributed by atoms with van der Waals surface area (Å²) >= 11 is 0. The molecule has 1 aliphatic carbocycles. The standard InChI is InChI=1S/C21H21F3N4O/c22-21(23,24)18-12-27-20(28-18)16-8-9-17(26-11-16)15-6-4-14(5-7-15)13-29-19-3-1-2-10-25-19/h1-3,8-12,14-15H,4-7,13H2,(H,27,28). The second-order valence-electron chi connectivity index (χ2n) is 7.31. The van der Waals surface area contributed by atoms with Gasteiger partial charge >= 0.3 is 6.18 Å². The molecule has 1 aliphatic rings. The van der Waals surface area contributed by atoms with Crippen molar-refractivity contribution in [2.75, 3.05) is 6.61 Å². The predicted octanol–water partition coefficient (Wildman–Crippen LogP) is 5.24. The first-order chi connectivity index (χ1) is 14.0. The van der Waals surface area contributed by atoms with Crippen molar-refractivity contribution in [2.24, 2.45) is 5.92 Å². The third kappa shape index (κ3) is 4.75. The number of aromatic nitrogens is 4. The van der Waals surface area contributed by atoms with Gasteiger partial charge in [-0.15, -0.1) is 0 Å². The molecule has 0 saturated heterocycles. The Morgan fingerprint density at radius 1 is 0.966 bits per heavy atom. The number of H-pyrrole nitrogens is 1. The van der Waals surface area contributed by atoms with Gasteiger partial charge in [0.15, 0.2) is 0 Å². The number of nitrogens with zero attached hydrogens (tertiary/aromatic N) is 3. The summed E-state index contributed by atoms with van der Waals surface area (Å²) in [7, 11) is 0. The van der Waals surface area contributed by atoms with E-state index in [9.17, 15) is 13.2 Å². The topological polar surface area (TPSA) is 63.7 Å².